The molecule has 0 unspecified atom stereocenters. The number of rotatable bonds is 7. The molecule has 1 amide bonds. The van der Waals surface area contributed by atoms with Crippen molar-refractivity contribution in [1.82, 2.24) is 10.2 Å². The van der Waals surface area contributed by atoms with E-state index in [4.69, 9.17) is 0 Å². The van der Waals surface area contributed by atoms with Crippen LogP contribution in [0.1, 0.15) is 50.5 Å². The Morgan fingerprint density at radius 2 is 2.08 bits per heavy atom. The van der Waals surface area contributed by atoms with E-state index in [0.29, 0.717) is 0 Å². The minimum Gasteiger partial charge on any atom is -0.508 e. The molecule has 4 heteroatoms. The number of carbonyl (C=O) groups excluding carboxylic acids is 1. The summed E-state index contributed by atoms with van der Waals surface area (Å²) in [7, 11) is 0. The summed E-state index contributed by atoms with van der Waals surface area (Å²) in [6.45, 7) is 6.77. The Kier molecular flexibility index (Phi) is 5.77. The van der Waals surface area contributed by atoms with Gasteiger partial charge in [-0.1, -0.05) is 19.1 Å². The predicted octanol–water partition coefficient (Wildman–Crippen LogP) is 3.12. The van der Waals surface area contributed by atoms with Crippen molar-refractivity contribution in [2.24, 2.45) is 11.8 Å². The summed E-state index contributed by atoms with van der Waals surface area (Å²) in [5, 5.41) is 12.6. The van der Waals surface area contributed by atoms with Crippen LogP contribution in [0.2, 0.25) is 0 Å². The summed E-state index contributed by atoms with van der Waals surface area (Å²) in [5.41, 5.74) is 1.08. The molecular formula is C20H30N2O2. The molecule has 1 aromatic rings. The molecule has 0 bridgehead atoms. The summed E-state index contributed by atoms with van der Waals surface area (Å²) >= 11 is 0. The quantitative estimate of drug-likeness (QED) is 0.755. The van der Waals surface area contributed by atoms with Crippen molar-refractivity contribution in [3.63, 3.8) is 0 Å². The topological polar surface area (TPSA) is 52.6 Å². The van der Waals surface area contributed by atoms with Crippen LogP contribution in [0.15, 0.2) is 24.3 Å². The van der Waals surface area contributed by atoms with E-state index in [-0.39, 0.29) is 23.5 Å². The van der Waals surface area contributed by atoms with E-state index >= 15 is 0 Å². The van der Waals surface area contributed by atoms with Crippen molar-refractivity contribution in [3.8, 4) is 5.75 Å². The average molecular weight is 330 g/mol. The Morgan fingerprint density at radius 3 is 2.83 bits per heavy atom. The minimum atomic E-state index is 0.0929. The van der Waals surface area contributed by atoms with Crippen LogP contribution in [-0.4, -0.2) is 42.1 Å². The molecule has 24 heavy (non-hydrogen) atoms. The highest BCUT2D eigenvalue weighted by Gasteiger charge is 2.43. The fourth-order valence-corrected chi connectivity index (χ4v) is 3.70. The Hall–Kier alpha value is -1.55. The molecule has 2 N–H and O–H groups in total. The van der Waals surface area contributed by atoms with Gasteiger partial charge in [0, 0.05) is 12.5 Å². The maximum atomic E-state index is 12.2. The van der Waals surface area contributed by atoms with Crippen LogP contribution < -0.4 is 5.32 Å². The normalized spacial score (nSPS) is 24.7. The molecule has 1 aromatic carbocycles. The van der Waals surface area contributed by atoms with Crippen LogP contribution >= 0.6 is 0 Å². The lowest BCUT2D eigenvalue weighted by atomic mass is 9.99. The number of likely N-dealkylation sites (tertiary alicyclic amines) is 1. The molecule has 1 saturated carbocycles. The second kappa shape index (κ2) is 8.02. The smallest absolute Gasteiger partial charge is 0.223 e. The molecule has 0 spiro atoms. The van der Waals surface area contributed by atoms with Gasteiger partial charge in [-0.3, -0.25) is 4.79 Å². The standard InChI is InChI=1S/C20H30N2O2/c1-15-7-11-22(12-8-15)10-3-2-9-21-20(24)19-14-18(19)16-5-4-6-17(23)13-16/h4-6,13,15,18-19,23H,2-3,7-12,14H2,1H3,(H,21,24)/t18-,19-/m1/s1. The molecule has 0 radical (unpaired) electrons. The van der Waals surface area contributed by atoms with Crippen LogP contribution in [0.5, 0.6) is 5.75 Å². The van der Waals surface area contributed by atoms with Gasteiger partial charge >= 0.3 is 0 Å². The number of piperidine rings is 1. The average Bonchev–Trinajstić information content (AvgIpc) is 3.37. The molecule has 132 valence electrons. The number of hydrogen-bond acceptors (Lipinski definition) is 3. The minimum absolute atomic E-state index is 0.0929. The molecule has 1 aliphatic carbocycles. The van der Waals surface area contributed by atoms with Gasteiger partial charge in [-0.2, -0.15) is 0 Å². The first-order valence-electron chi connectivity index (χ1n) is 9.42. The fourth-order valence-electron chi connectivity index (χ4n) is 3.70. The van der Waals surface area contributed by atoms with E-state index < -0.39 is 0 Å². The Bertz CT molecular complexity index is 552. The van der Waals surface area contributed by atoms with E-state index in [0.717, 1.165) is 43.8 Å². The summed E-state index contributed by atoms with van der Waals surface area (Å²) < 4.78 is 0. The molecule has 0 aromatic heterocycles. The van der Waals surface area contributed by atoms with E-state index in [9.17, 15) is 9.90 Å². The van der Waals surface area contributed by atoms with Crippen LogP contribution in [-0.2, 0) is 4.79 Å². The fraction of sp³-hybridized carbons (Fsp3) is 0.650. The summed E-state index contributed by atoms with van der Waals surface area (Å²) in [5.74, 6) is 1.72. The highest BCUT2D eigenvalue weighted by molar-refractivity contribution is 5.82. The number of hydrogen-bond donors (Lipinski definition) is 2. The van der Waals surface area contributed by atoms with Crippen molar-refractivity contribution in [2.75, 3.05) is 26.2 Å². The number of carbonyl (C=O) groups is 1. The van der Waals surface area contributed by atoms with E-state index in [1.165, 1.54) is 25.9 Å². The third-order valence-corrected chi connectivity index (χ3v) is 5.50. The monoisotopic (exact) mass is 330 g/mol. The molecule has 1 aliphatic heterocycles. The number of unbranched alkanes of at least 4 members (excludes halogenated alkanes) is 1. The molecule has 3 rings (SSSR count). The van der Waals surface area contributed by atoms with Crippen LogP contribution in [0, 0.1) is 11.8 Å². The summed E-state index contributed by atoms with van der Waals surface area (Å²) in [6, 6.07) is 7.29. The number of phenols is 1. The van der Waals surface area contributed by atoms with Gasteiger partial charge in [0.05, 0.1) is 0 Å². The van der Waals surface area contributed by atoms with Gasteiger partial charge in [-0.25, -0.2) is 0 Å². The lowest BCUT2D eigenvalue weighted by Crippen LogP contribution is -2.34. The van der Waals surface area contributed by atoms with Crippen molar-refractivity contribution in [2.45, 2.75) is 44.9 Å². The van der Waals surface area contributed by atoms with E-state index in [2.05, 4.69) is 17.1 Å². The number of nitrogens with zero attached hydrogens (tertiary/aromatic N) is 1. The Morgan fingerprint density at radius 1 is 1.29 bits per heavy atom. The maximum Gasteiger partial charge on any atom is 0.223 e. The molecule has 4 nitrogen and oxygen atoms in total. The van der Waals surface area contributed by atoms with Crippen LogP contribution in [0.25, 0.3) is 0 Å². The third-order valence-electron chi connectivity index (χ3n) is 5.50. The second-order valence-electron chi connectivity index (χ2n) is 7.57. The molecule has 2 atom stereocenters. The maximum absolute atomic E-state index is 12.2. The highest BCUT2D eigenvalue weighted by atomic mass is 16.3. The van der Waals surface area contributed by atoms with Crippen molar-refractivity contribution >= 4 is 5.91 Å². The lowest BCUT2D eigenvalue weighted by Gasteiger charge is -2.30. The van der Waals surface area contributed by atoms with E-state index in [1.807, 2.05) is 12.1 Å². The highest BCUT2D eigenvalue weighted by Crippen LogP contribution is 2.48. The van der Waals surface area contributed by atoms with Crippen molar-refractivity contribution < 1.29 is 9.90 Å². The van der Waals surface area contributed by atoms with Crippen LogP contribution in [0.4, 0.5) is 0 Å². The molecule has 1 saturated heterocycles. The zero-order valence-electron chi connectivity index (χ0n) is 14.7. The van der Waals surface area contributed by atoms with Crippen molar-refractivity contribution in [3.05, 3.63) is 29.8 Å². The zero-order chi connectivity index (χ0) is 16.9. The second-order valence-corrected chi connectivity index (χ2v) is 7.57. The Balaban J connectivity index is 1.28. The first kappa shape index (κ1) is 17.3. The summed E-state index contributed by atoms with van der Waals surface area (Å²) in [4.78, 5) is 14.7. The van der Waals surface area contributed by atoms with Gasteiger partial charge in [-0.05, 0) is 81.3 Å². The zero-order valence-corrected chi connectivity index (χ0v) is 14.7. The molecular weight excluding hydrogens is 300 g/mol. The van der Waals surface area contributed by atoms with E-state index in [1.54, 1.807) is 12.1 Å². The van der Waals surface area contributed by atoms with Gasteiger partial charge in [0.15, 0.2) is 0 Å². The summed E-state index contributed by atoms with van der Waals surface area (Å²) in [6.07, 6.45) is 5.78. The lowest BCUT2D eigenvalue weighted by molar-refractivity contribution is -0.122. The molecule has 2 fully saturated rings. The first-order valence-corrected chi connectivity index (χ1v) is 9.42. The molecule has 2 aliphatic rings. The SMILES string of the molecule is CC1CCN(CCCCNC(=O)[C@@H]2C[C@@H]2c2cccc(O)c2)CC1. The predicted molar refractivity (Wildman–Crippen MR) is 96.0 cm³/mol. The van der Waals surface area contributed by atoms with Gasteiger partial charge in [0.25, 0.3) is 0 Å². The van der Waals surface area contributed by atoms with Crippen molar-refractivity contribution in [1.29, 1.82) is 0 Å². The van der Waals surface area contributed by atoms with Gasteiger partial charge in [-0.15, -0.1) is 0 Å². The first-order chi connectivity index (χ1) is 11.6. The number of aromatic hydroxyl groups is 1. The third kappa shape index (κ3) is 4.73. The molecule has 1 heterocycles. The number of benzene rings is 1. The number of nitrogens with one attached hydrogen (secondary N) is 1. The van der Waals surface area contributed by atoms with Gasteiger partial charge in [0.2, 0.25) is 5.91 Å². The van der Waals surface area contributed by atoms with Crippen LogP contribution in [0.3, 0.4) is 0 Å². The van der Waals surface area contributed by atoms with Gasteiger partial charge in [0.1, 0.15) is 5.75 Å². The number of amides is 1. The largest absolute Gasteiger partial charge is 0.508 e. The van der Waals surface area contributed by atoms with Gasteiger partial charge < -0.3 is 15.3 Å². The Labute approximate surface area is 145 Å². The number of phenolic OH excluding ortho intramolecular Hbond substituents is 1.